The topological polar surface area (TPSA) is 95.4 Å². The zero-order valence-electron chi connectivity index (χ0n) is 17.6. The molecule has 1 saturated heterocycles. The molecule has 172 valence electrons. The lowest BCUT2D eigenvalue weighted by molar-refractivity contribution is -0.123. The number of carbonyl (C=O) groups excluding carboxylic acids is 2. The molecule has 0 aliphatic carbocycles. The second kappa shape index (κ2) is 7.64. The van der Waals surface area contributed by atoms with Crippen molar-refractivity contribution < 1.29 is 22.8 Å². The first-order valence-corrected chi connectivity index (χ1v) is 10.3. The standard InChI is InChI=1S/C21H20F3N7O2/c1-29-16-4-2-3-14(13(16)9-26-29)28-20(33)31-12-7-8-30(10-12)17-6-5-15(27-18(17)31)19(32)25-11-21(22,23)24/h2-6,9,12H,7-8,10-11H2,1H3,(H,25,32)(H,28,33)/t12-/m0/s1. The van der Waals surface area contributed by atoms with Gasteiger partial charge in [-0.1, -0.05) is 6.07 Å². The summed E-state index contributed by atoms with van der Waals surface area (Å²) in [6.45, 7) is -0.140. The fraction of sp³-hybridized carbons (Fsp3) is 0.333. The molecule has 3 aromatic rings. The monoisotopic (exact) mass is 459 g/mol. The molecule has 2 aliphatic rings. The van der Waals surface area contributed by atoms with E-state index in [1.165, 1.54) is 11.0 Å². The highest BCUT2D eigenvalue weighted by Crippen LogP contribution is 2.39. The summed E-state index contributed by atoms with van der Waals surface area (Å²) in [5.41, 5.74) is 1.89. The number of carbonyl (C=O) groups is 2. The molecule has 4 heterocycles. The summed E-state index contributed by atoms with van der Waals surface area (Å²) in [7, 11) is 1.80. The van der Waals surface area contributed by atoms with E-state index >= 15 is 0 Å². The van der Waals surface area contributed by atoms with Crippen LogP contribution in [0.3, 0.4) is 0 Å². The predicted molar refractivity (Wildman–Crippen MR) is 115 cm³/mol. The number of anilines is 3. The first-order chi connectivity index (χ1) is 15.7. The summed E-state index contributed by atoms with van der Waals surface area (Å²) in [4.78, 5) is 33.5. The summed E-state index contributed by atoms with van der Waals surface area (Å²) >= 11 is 0. The van der Waals surface area contributed by atoms with Gasteiger partial charge in [-0.25, -0.2) is 9.78 Å². The lowest BCUT2D eigenvalue weighted by atomic mass is 10.1. The molecular weight excluding hydrogens is 439 g/mol. The van der Waals surface area contributed by atoms with Gasteiger partial charge >= 0.3 is 12.2 Å². The molecular formula is C21H20F3N7O2. The lowest BCUT2D eigenvalue weighted by Crippen LogP contribution is -2.48. The minimum Gasteiger partial charge on any atom is -0.366 e. The summed E-state index contributed by atoms with van der Waals surface area (Å²) in [5, 5.41) is 9.73. The number of halogens is 3. The molecule has 1 aromatic carbocycles. The molecule has 2 N–H and O–H groups in total. The Labute approximate surface area is 186 Å². The third kappa shape index (κ3) is 3.81. The molecule has 33 heavy (non-hydrogen) atoms. The van der Waals surface area contributed by atoms with E-state index < -0.39 is 24.7 Å². The molecule has 5 rings (SSSR count). The van der Waals surface area contributed by atoms with E-state index in [1.807, 2.05) is 17.4 Å². The molecule has 1 fully saturated rings. The van der Waals surface area contributed by atoms with E-state index in [0.29, 0.717) is 30.9 Å². The van der Waals surface area contributed by atoms with Gasteiger partial charge in [-0.2, -0.15) is 18.3 Å². The SMILES string of the molecule is Cn1ncc2c(NC(=O)N3c4nc(C(=O)NCC(F)(F)F)ccc4N4CC[C@H]3C4)cccc21. The van der Waals surface area contributed by atoms with Gasteiger partial charge in [0.05, 0.1) is 29.1 Å². The van der Waals surface area contributed by atoms with E-state index in [2.05, 4.69) is 20.3 Å². The highest BCUT2D eigenvalue weighted by atomic mass is 19.4. The third-order valence-corrected chi connectivity index (χ3v) is 5.89. The van der Waals surface area contributed by atoms with E-state index in [4.69, 9.17) is 0 Å². The van der Waals surface area contributed by atoms with Crippen LogP contribution in [0.2, 0.25) is 0 Å². The van der Waals surface area contributed by atoms with Crippen LogP contribution in [0.5, 0.6) is 0 Å². The predicted octanol–water partition coefficient (Wildman–Crippen LogP) is 2.89. The summed E-state index contributed by atoms with van der Waals surface area (Å²) in [6, 6.07) is 7.84. The molecule has 0 spiro atoms. The zero-order chi connectivity index (χ0) is 23.3. The van der Waals surface area contributed by atoms with E-state index in [1.54, 1.807) is 30.1 Å². The van der Waals surface area contributed by atoms with Crippen LogP contribution in [-0.4, -0.2) is 58.6 Å². The lowest BCUT2D eigenvalue weighted by Gasteiger charge is -2.35. The number of urea groups is 1. The Hall–Kier alpha value is -3.83. The number of amides is 3. The van der Waals surface area contributed by atoms with Crippen LogP contribution in [0.4, 0.5) is 35.2 Å². The Morgan fingerprint density at radius 2 is 2.03 bits per heavy atom. The average molecular weight is 459 g/mol. The van der Waals surface area contributed by atoms with E-state index in [0.717, 1.165) is 10.9 Å². The smallest absolute Gasteiger partial charge is 0.366 e. The highest BCUT2D eigenvalue weighted by molar-refractivity contribution is 6.09. The number of hydrogen-bond donors (Lipinski definition) is 2. The van der Waals surface area contributed by atoms with Gasteiger partial charge in [0.2, 0.25) is 0 Å². The summed E-state index contributed by atoms with van der Waals surface area (Å²) in [6.07, 6.45) is -2.17. The molecule has 0 unspecified atom stereocenters. The average Bonchev–Trinajstić information content (AvgIpc) is 3.36. The number of aryl methyl sites for hydroxylation is 1. The van der Waals surface area contributed by atoms with Gasteiger partial charge < -0.3 is 15.5 Å². The maximum Gasteiger partial charge on any atom is 0.405 e. The number of aromatic nitrogens is 3. The van der Waals surface area contributed by atoms with Crippen LogP contribution in [0.25, 0.3) is 10.9 Å². The summed E-state index contributed by atoms with van der Waals surface area (Å²) in [5.74, 6) is -0.706. The maximum atomic E-state index is 13.4. The second-order valence-electron chi connectivity index (χ2n) is 8.03. The first kappa shape index (κ1) is 21.0. The fourth-order valence-electron chi connectivity index (χ4n) is 4.33. The Balaban J connectivity index is 1.46. The zero-order valence-corrected chi connectivity index (χ0v) is 17.6. The van der Waals surface area contributed by atoms with Crippen molar-refractivity contribution in [3.63, 3.8) is 0 Å². The normalized spacial score (nSPS) is 17.3. The number of benzene rings is 1. The van der Waals surface area contributed by atoms with Gasteiger partial charge in [-0.05, 0) is 30.7 Å². The number of nitrogens with zero attached hydrogens (tertiary/aromatic N) is 5. The molecule has 2 aromatic heterocycles. The number of hydrogen-bond acceptors (Lipinski definition) is 5. The van der Waals surface area contributed by atoms with Crippen LogP contribution in [0.1, 0.15) is 16.9 Å². The molecule has 0 radical (unpaired) electrons. The molecule has 3 amide bonds. The van der Waals surface area contributed by atoms with Crippen molar-refractivity contribution in [1.82, 2.24) is 20.1 Å². The number of pyridine rings is 1. The number of alkyl halides is 3. The Morgan fingerprint density at radius 3 is 2.82 bits per heavy atom. The Morgan fingerprint density at radius 1 is 1.21 bits per heavy atom. The van der Waals surface area contributed by atoms with Gasteiger partial charge in [-0.15, -0.1) is 0 Å². The summed E-state index contributed by atoms with van der Waals surface area (Å²) < 4.78 is 39.2. The van der Waals surface area contributed by atoms with Crippen molar-refractivity contribution in [3.05, 3.63) is 42.2 Å². The number of rotatable bonds is 3. The van der Waals surface area contributed by atoms with Gasteiger partial charge in [0.15, 0.2) is 5.82 Å². The molecule has 12 heteroatoms. The maximum absolute atomic E-state index is 13.4. The van der Waals surface area contributed by atoms with Crippen molar-refractivity contribution in [3.8, 4) is 0 Å². The Kier molecular flexibility index (Phi) is 4.87. The first-order valence-electron chi connectivity index (χ1n) is 10.3. The minimum atomic E-state index is -4.53. The van der Waals surface area contributed by atoms with Gasteiger partial charge in [0.1, 0.15) is 12.2 Å². The minimum absolute atomic E-state index is 0.174. The van der Waals surface area contributed by atoms with Gasteiger partial charge in [-0.3, -0.25) is 14.4 Å². The quantitative estimate of drug-likeness (QED) is 0.628. The van der Waals surface area contributed by atoms with Crippen LogP contribution in [0.15, 0.2) is 36.5 Å². The van der Waals surface area contributed by atoms with Gasteiger partial charge in [0, 0.05) is 25.5 Å². The Bertz CT molecular complexity index is 1260. The van der Waals surface area contributed by atoms with Gasteiger partial charge in [0.25, 0.3) is 5.91 Å². The number of fused-ring (bicyclic) bond motifs is 5. The van der Waals surface area contributed by atoms with Crippen LogP contribution < -0.4 is 20.4 Å². The van der Waals surface area contributed by atoms with Crippen LogP contribution in [-0.2, 0) is 7.05 Å². The largest absolute Gasteiger partial charge is 0.405 e. The van der Waals surface area contributed by atoms with Crippen molar-refractivity contribution in [2.75, 3.05) is 34.8 Å². The van der Waals surface area contributed by atoms with Crippen LogP contribution in [0, 0.1) is 0 Å². The molecule has 0 saturated carbocycles. The molecule has 2 bridgehead atoms. The van der Waals surface area contributed by atoms with Crippen LogP contribution >= 0.6 is 0 Å². The van der Waals surface area contributed by atoms with Crippen molar-refractivity contribution in [2.24, 2.45) is 7.05 Å². The van der Waals surface area contributed by atoms with E-state index in [9.17, 15) is 22.8 Å². The van der Waals surface area contributed by atoms with E-state index in [-0.39, 0.29) is 17.6 Å². The van der Waals surface area contributed by atoms with Crippen molar-refractivity contribution in [2.45, 2.75) is 18.6 Å². The van der Waals surface area contributed by atoms with Crippen molar-refractivity contribution in [1.29, 1.82) is 0 Å². The molecule has 9 nitrogen and oxygen atoms in total. The molecule has 1 atom stereocenters. The van der Waals surface area contributed by atoms with Crippen molar-refractivity contribution >= 4 is 40.0 Å². The number of nitrogens with one attached hydrogen (secondary N) is 2. The highest BCUT2D eigenvalue weighted by Gasteiger charge is 2.40. The second-order valence-corrected chi connectivity index (χ2v) is 8.03. The molecule has 2 aliphatic heterocycles. The fourth-order valence-corrected chi connectivity index (χ4v) is 4.33. The third-order valence-electron chi connectivity index (χ3n) is 5.89.